The number of thiazole rings is 1. The van der Waals surface area contributed by atoms with Crippen LogP contribution in [0.3, 0.4) is 0 Å². The van der Waals surface area contributed by atoms with Crippen molar-refractivity contribution in [3.8, 4) is 5.75 Å². The van der Waals surface area contributed by atoms with Gasteiger partial charge in [-0.25, -0.2) is 9.78 Å². The summed E-state index contributed by atoms with van der Waals surface area (Å²) >= 11 is 1.65. The fourth-order valence-electron chi connectivity index (χ4n) is 3.10. The minimum atomic E-state index is -0.493. The van der Waals surface area contributed by atoms with Crippen LogP contribution >= 0.6 is 11.3 Å². The van der Waals surface area contributed by atoms with E-state index in [0.717, 1.165) is 21.6 Å². The summed E-state index contributed by atoms with van der Waals surface area (Å²) in [6.45, 7) is 0.0222. The molecule has 0 aliphatic carbocycles. The van der Waals surface area contributed by atoms with Crippen LogP contribution < -0.4 is 10.4 Å². The molecule has 0 atom stereocenters. The maximum atomic E-state index is 12.1. The SMILES string of the molecule is COc1ccc2c(COC(=O)CCCc3nc4ccccc4s3)cc(=O)oc2c1. The van der Waals surface area contributed by atoms with Crippen molar-refractivity contribution in [2.45, 2.75) is 25.9 Å². The molecular formula is C22H19NO5S. The first-order valence-corrected chi connectivity index (χ1v) is 10.0. The van der Waals surface area contributed by atoms with E-state index in [2.05, 4.69) is 4.98 Å². The van der Waals surface area contributed by atoms with Crippen LogP contribution in [-0.4, -0.2) is 18.1 Å². The Balaban J connectivity index is 1.35. The molecule has 2 aromatic heterocycles. The van der Waals surface area contributed by atoms with Crippen LogP contribution in [0.4, 0.5) is 0 Å². The normalized spacial score (nSPS) is 11.1. The lowest BCUT2D eigenvalue weighted by Crippen LogP contribution is -2.08. The minimum Gasteiger partial charge on any atom is -0.497 e. The number of nitrogens with zero attached hydrogens (tertiary/aromatic N) is 1. The number of hydrogen-bond donors (Lipinski definition) is 0. The third-order valence-electron chi connectivity index (χ3n) is 4.54. The molecule has 7 heteroatoms. The molecule has 0 fully saturated rings. The molecule has 0 spiro atoms. The number of carbonyl (C=O) groups is 1. The highest BCUT2D eigenvalue weighted by Crippen LogP contribution is 2.24. The highest BCUT2D eigenvalue weighted by molar-refractivity contribution is 7.18. The molecule has 2 heterocycles. The summed E-state index contributed by atoms with van der Waals surface area (Å²) in [5.41, 5.74) is 1.51. The molecule has 6 nitrogen and oxygen atoms in total. The molecule has 0 saturated heterocycles. The van der Waals surface area contributed by atoms with Crippen LogP contribution in [0.25, 0.3) is 21.2 Å². The van der Waals surface area contributed by atoms with Gasteiger partial charge in [-0.2, -0.15) is 0 Å². The van der Waals surface area contributed by atoms with Crippen LogP contribution in [0, 0.1) is 0 Å². The number of aryl methyl sites for hydroxylation is 1. The number of esters is 1. The summed E-state index contributed by atoms with van der Waals surface area (Å²) in [7, 11) is 1.54. The van der Waals surface area contributed by atoms with E-state index in [4.69, 9.17) is 13.9 Å². The second-order valence-electron chi connectivity index (χ2n) is 6.54. The Morgan fingerprint density at radius 2 is 2.03 bits per heavy atom. The van der Waals surface area contributed by atoms with E-state index in [1.807, 2.05) is 24.3 Å². The Kier molecular flexibility index (Phi) is 5.57. The Morgan fingerprint density at radius 1 is 1.17 bits per heavy atom. The predicted molar refractivity (Wildman–Crippen MR) is 111 cm³/mol. The quantitative estimate of drug-likeness (QED) is 0.331. The molecule has 0 saturated carbocycles. The van der Waals surface area contributed by atoms with E-state index >= 15 is 0 Å². The van der Waals surface area contributed by atoms with Gasteiger partial charge in [-0.1, -0.05) is 12.1 Å². The van der Waals surface area contributed by atoms with E-state index in [9.17, 15) is 9.59 Å². The molecule has 4 rings (SSSR count). The molecule has 29 heavy (non-hydrogen) atoms. The van der Waals surface area contributed by atoms with Gasteiger partial charge >= 0.3 is 11.6 Å². The van der Waals surface area contributed by atoms with E-state index in [1.54, 1.807) is 36.6 Å². The summed E-state index contributed by atoms with van der Waals surface area (Å²) in [6, 6.07) is 14.5. The van der Waals surface area contributed by atoms with E-state index in [-0.39, 0.29) is 12.6 Å². The third kappa shape index (κ3) is 4.46. The third-order valence-corrected chi connectivity index (χ3v) is 5.63. The highest BCUT2D eigenvalue weighted by atomic mass is 32.1. The number of methoxy groups -OCH3 is 1. The Morgan fingerprint density at radius 3 is 2.86 bits per heavy atom. The van der Waals surface area contributed by atoms with Crippen molar-refractivity contribution in [2.24, 2.45) is 0 Å². The van der Waals surface area contributed by atoms with Crippen LogP contribution in [-0.2, 0) is 22.6 Å². The number of carbonyl (C=O) groups excluding carboxylic acids is 1. The Hall–Kier alpha value is -3.19. The Bertz CT molecular complexity index is 1190. The number of rotatable bonds is 7. The lowest BCUT2D eigenvalue weighted by Gasteiger charge is -2.08. The molecule has 0 bridgehead atoms. The number of para-hydroxylation sites is 1. The highest BCUT2D eigenvalue weighted by Gasteiger charge is 2.11. The van der Waals surface area contributed by atoms with Gasteiger partial charge in [0.15, 0.2) is 0 Å². The molecule has 4 aromatic rings. The first-order chi connectivity index (χ1) is 14.1. The number of fused-ring (bicyclic) bond motifs is 2. The topological polar surface area (TPSA) is 78.6 Å². The average Bonchev–Trinajstić information content (AvgIpc) is 3.14. The predicted octanol–water partition coefficient (Wildman–Crippen LogP) is 4.48. The zero-order chi connectivity index (χ0) is 20.2. The van der Waals surface area contributed by atoms with Crippen molar-refractivity contribution < 1.29 is 18.7 Å². The fraction of sp³-hybridized carbons (Fsp3) is 0.227. The van der Waals surface area contributed by atoms with Crippen molar-refractivity contribution in [3.63, 3.8) is 0 Å². The fourth-order valence-corrected chi connectivity index (χ4v) is 4.11. The second kappa shape index (κ2) is 8.45. The molecule has 148 valence electrons. The van der Waals surface area contributed by atoms with Gasteiger partial charge in [-0.05, 0) is 37.1 Å². The van der Waals surface area contributed by atoms with Crippen molar-refractivity contribution in [1.29, 1.82) is 0 Å². The van der Waals surface area contributed by atoms with Gasteiger partial charge in [0.25, 0.3) is 0 Å². The lowest BCUT2D eigenvalue weighted by molar-refractivity contribution is -0.145. The maximum Gasteiger partial charge on any atom is 0.336 e. The molecule has 0 aliphatic heterocycles. The lowest BCUT2D eigenvalue weighted by atomic mass is 10.1. The van der Waals surface area contributed by atoms with E-state index in [1.165, 1.54) is 6.07 Å². The van der Waals surface area contributed by atoms with Gasteiger partial charge in [0.1, 0.15) is 17.9 Å². The monoisotopic (exact) mass is 409 g/mol. The van der Waals surface area contributed by atoms with Crippen molar-refractivity contribution in [1.82, 2.24) is 4.98 Å². The summed E-state index contributed by atoms with van der Waals surface area (Å²) in [5, 5.41) is 1.73. The van der Waals surface area contributed by atoms with E-state index in [0.29, 0.717) is 35.1 Å². The number of ether oxygens (including phenoxy) is 2. The van der Waals surface area contributed by atoms with Gasteiger partial charge in [-0.3, -0.25) is 4.79 Å². The first-order valence-electron chi connectivity index (χ1n) is 9.23. The van der Waals surface area contributed by atoms with Gasteiger partial charge in [0.2, 0.25) is 0 Å². The molecule has 0 radical (unpaired) electrons. The zero-order valence-corrected chi connectivity index (χ0v) is 16.7. The van der Waals surface area contributed by atoms with Gasteiger partial charge in [0.05, 0.1) is 22.3 Å². The van der Waals surface area contributed by atoms with Gasteiger partial charge in [-0.15, -0.1) is 11.3 Å². The first kappa shape index (κ1) is 19.1. The standard InChI is InChI=1S/C22H19NO5S/c1-26-15-9-10-16-14(11-22(25)28-18(16)12-15)13-27-21(24)8-4-7-20-23-17-5-2-3-6-19(17)29-20/h2-3,5-6,9-12H,4,7-8,13H2,1H3. The molecule has 0 amide bonds. The molecular weight excluding hydrogens is 390 g/mol. The minimum absolute atomic E-state index is 0.0222. The molecule has 0 aliphatic rings. The van der Waals surface area contributed by atoms with Crippen molar-refractivity contribution in [2.75, 3.05) is 7.11 Å². The number of hydrogen-bond acceptors (Lipinski definition) is 7. The van der Waals surface area contributed by atoms with Gasteiger partial charge < -0.3 is 13.9 Å². The zero-order valence-electron chi connectivity index (χ0n) is 15.8. The molecule has 0 N–H and O–H groups in total. The van der Waals surface area contributed by atoms with Crippen LogP contribution in [0.15, 0.2) is 57.7 Å². The summed E-state index contributed by atoms with van der Waals surface area (Å²) in [6.07, 6.45) is 1.68. The van der Waals surface area contributed by atoms with Crippen LogP contribution in [0.5, 0.6) is 5.75 Å². The number of benzene rings is 2. The molecule has 0 unspecified atom stereocenters. The maximum absolute atomic E-state index is 12.1. The smallest absolute Gasteiger partial charge is 0.336 e. The van der Waals surface area contributed by atoms with Crippen molar-refractivity contribution in [3.05, 3.63) is 69.5 Å². The largest absolute Gasteiger partial charge is 0.497 e. The summed E-state index contributed by atoms with van der Waals surface area (Å²) < 4.78 is 16.9. The average molecular weight is 409 g/mol. The molecule has 2 aromatic carbocycles. The Labute approximate surface area is 170 Å². The van der Waals surface area contributed by atoms with E-state index < -0.39 is 5.63 Å². The van der Waals surface area contributed by atoms with Crippen LogP contribution in [0.1, 0.15) is 23.4 Å². The van der Waals surface area contributed by atoms with Gasteiger partial charge in [0, 0.05) is 29.5 Å². The second-order valence-corrected chi connectivity index (χ2v) is 7.66. The van der Waals surface area contributed by atoms with Crippen LogP contribution in [0.2, 0.25) is 0 Å². The summed E-state index contributed by atoms with van der Waals surface area (Å²) in [5.74, 6) is 0.283. The van der Waals surface area contributed by atoms with Crippen molar-refractivity contribution >= 4 is 38.5 Å². The number of aromatic nitrogens is 1. The summed E-state index contributed by atoms with van der Waals surface area (Å²) in [4.78, 5) is 28.5.